The van der Waals surface area contributed by atoms with E-state index in [2.05, 4.69) is 4.72 Å². The third-order valence-corrected chi connectivity index (χ3v) is 3.54. The highest BCUT2D eigenvalue weighted by atomic mass is 32.2. The third-order valence-electron chi connectivity index (χ3n) is 2.13. The average Bonchev–Trinajstić information content (AvgIpc) is 2.18. The van der Waals surface area contributed by atoms with E-state index in [1.165, 1.54) is 0 Å². The van der Waals surface area contributed by atoms with Crippen molar-refractivity contribution in [1.82, 2.24) is 4.72 Å². The number of hydrogen-bond donors (Lipinski definition) is 1. The van der Waals surface area contributed by atoms with Crippen LogP contribution in [0.15, 0.2) is 30.3 Å². The summed E-state index contributed by atoms with van der Waals surface area (Å²) in [5, 5.41) is -0.707. The van der Waals surface area contributed by atoms with E-state index in [0.29, 0.717) is 6.42 Å². The van der Waals surface area contributed by atoms with E-state index in [9.17, 15) is 13.2 Å². The SMILES string of the molecule is O=C1C(Cc2ccccc2)NS1(=O)=O. The van der Waals surface area contributed by atoms with Gasteiger partial charge in [-0.05, 0) is 12.0 Å². The van der Waals surface area contributed by atoms with Gasteiger partial charge in [-0.15, -0.1) is 0 Å². The largest absolute Gasteiger partial charge is 0.279 e. The molecular formula is C9H9NO3S. The van der Waals surface area contributed by atoms with Crippen LogP contribution in [0, 0.1) is 0 Å². The molecule has 4 nitrogen and oxygen atoms in total. The maximum absolute atomic E-state index is 11.0. The summed E-state index contributed by atoms with van der Waals surface area (Å²) in [6.45, 7) is 0. The van der Waals surface area contributed by atoms with Crippen molar-refractivity contribution in [3.05, 3.63) is 35.9 Å². The van der Waals surface area contributed by atoms with Gasteiger partial charge in [0.25, 0.3) is 15.1 Å². The molecule has 1 heterocycles. The fourth-order valence-corrected chi connectivity index (χ4v) is 2.41. The Labute approximate surface area is 82.0 Å². The second kappa shape index (κ2) is 3.18. The third kappa shape index (κ3) is 1.56. The van der Waals surface area contributed by atoms with Crippen LogP contribution in [0.3, 0.4) is 0 Å². The summed E-state index contributed by atoms with van der Waals surface area (Å²) in [4.78, 5) is 11.0. The van der Waals surface area contributed by atoms with E-state index in [1.807, 2.05) is 30.3 Å². The molecule has 1 saturated heterocycles. The summed E-state index contributed by atoms with van der Waals surface area (Å²) in [5.74, 6) is 0. The van der Waals surface area contributed by atoms with Gasteiger partial charge < -0.3 is 0 Å². The number of benzene rings is 1. The van der Waals surface area contributed by atoms with Crippen molar-refractivity contribution in [1.29, 1.82) is 0 Å². The fourth-order valence-electron chi connectivity index (χ4n) is 1.40. The van der Waals surface area contributed by atoms with Crippen molar-refractivity contribution >= 4 is 15.1 Å². The van der Waals surface area contributed by atoms with Gasteiger partial charge in [-0.3, -0.25) is 4.79 Å². The van der Waals surface area contributed by atoms with Crippen LogP contribution in [0.2, 0.25) is 0 Å². The zero-order chi connectivity index (χ0) is 10.2. The second-order valence-corrected chi connectivity index (χ2v) is 4.83. The molecule has 1 fully saturated rings. The summed E-state index contributed by atoms with van der Waals surface area (Å²) in [7, 11) is -3.62. The molecule has 1 atom stereocenters. The molecule has 1 N–H and O–H groups in total. The standard InChI is InChI=1S/C9H9NO3S/c11-9-8(10-14(9,12)13)6-7-4-2-1-3-5-7/h1-5,8,10H,6H2. The predicted octanol–water partition coefficient (Wildman–Crippen LogP) is 0.0573. The van der Waals surface area contributed by atoms with Crippen LogP contribution in [0.5, 0.6) is 0 Å². The van der Waals surface area contributed by atoms with Crippen molar-refractivity contribution in [3.8, 4) is 0 Å². The maximum Gasteiger partial charge on any atom is 0.279 e. The van der Waals surface area contributed by atoms with E-state index in [4.69, 9.17) is 0 Å². The molecule has 1 aromatic carbocycles. The van der Waals surface area contributed by atoms with Gasteiger partial charge in [-0.2, -0.15) is 4.72 Å². The van der Waals surface area contributed by atoms with Crippen molar-refractivity contribution in [2.45, 2.75) is 12.5 Å². The predicted molar refractivity (Wildman–Crippen MR) is 51.0 cm³/mol. The Kier molecular flexibility index (Phi) is 2.13. The molecule has 0 aromatic heterocycles. The molecule has 1 aliphatic heterocycles. The molecule has 2 rings (SSSR count). The van der Waals surface area contributed by atoms with E-state index in [0.717, 1.165) is 5.56 Å². The molecule has 5 heteroatoms. The molecule has 0 amide bonds. The van der Waals surface area contributed by atoms with Crippen molar-refractivity contribution in [3.63, 3.8) is 0 Å². The first kappa shape index (κ1) is 9.36. The van der Waals surface area contributed by atoms with Crippen molar-refractivity contribution in [2.24, 2.45) is 0 Å². The van der Waals surface area contributed by atoms with E-state index < -0.39 is 21.2 Å². The minimum absolute atomic E-state index is 0.429. The van der Waals surface area contributed by atoms with Gasteiger partial charge in [0, 0.05) is 0 Å². The first-order valence-corrected chi connectivity index (χ1v) is 5.68. The average molecular weight is 211 g/mol. The Hall–Kier alpha value is -1.20. The quantitative estimate of drug-likeness (QED) is 0.752. The molecule has 14 heavy (non-hydrogen) atoms. The molecule has 1 unspecified atom stereocenters. The molecule has 74 valence electrons. The molecule has 1 aliphatic rings. The van der Waals surface area contributed by atoms with Gasteiger partial charge in [0.05, 0.1) is 0 Å². The number of sulfonamides is 1. The van der Waals surface area contributed by atoms with Crippen LogP contribution in [0.4, 0.5) is 0 Å². The highest BCUT2D eigenvalue weighted by Crippen LogP contribution is 2.13. The van der Waals surface area contributed by atoms with Crippen LogP contribution in [-0.4, -0.2) is 19.6 Å². The number of hydrogen-bond acceptors (Lipinski definition) is 3. The summed E-state index contributed by atoms with van der Waals surface area (Å²) in [6, 6.07) is 8.73. The number of rotatable bonds is 2. The van der Waals surface area contributed by atoms with Crippen LogP contribution >= 0.6 is 0 Å². The Balaban J connectivity index is 2.06. The monoisotopic (exact) mass is 211 g/mol. The lowest BCUT2D eigenvalue weighted by atomic mass is 10.1. The summed E-state index contributed by atoms with van der Waals surface area (Å²) < 4.78 is 23.8. The minimum atomic E-state index is -3.62. The first-order chi connectivity index (χ1) is 6.59. The normalized spacial score (nSPS) is 24.3. The van der Waals surface area contributed by atoms with Gasteiger partial charge in [0.2, 0.25) is 0 Å². The Morgan fingerprint density at radius 3 is 2.36 bits per heavy atom. The highest BCUT2D eigenvalue weighted by Gasteiger charge is 2.43. The second-order valence-electron chi connectivity index (χ2n) is 3.18. The fraction of sp³-hybridized carbons (Fsp3) is 0.222. The molecule has 0 bridgehead atoms. The first-order valence-electron chi connectivity index (χ1n) is 4.20. The molecule has 0 spiro atoms. The van der Waals surface area contributed by atoms with Gasteiger partial charge in [0.1, 0.15) is 6.04 Å². The molecule has 1 aromatic rings. The smallest absolute Gasteiger partial charge is 0.278 e. The lowest BCUT2D eigenvalue weighted by Crippen LogP contribution is -2.59. The molecule has 0 radical (unpaired) electrons. The van der Waals surface area contributed by atoms with Gasteiger partial charge in [-0.1, -0.05) is 30.3 Å². The van der Waals surface area contributed by atoms with Crippen molar-refractivity contribution in [2.75, 3.05) is 0 Å². The van der Waals surface area contributed by atoms with Gasteiger partial charge in [0.15, 0.2) is 0 Å². The molecule has 0 aliphatic carbocycles. The lowest BCUT2D eigenvalue weighted by Gasteiger charge is -2.25. The summed E-state index contributed by atoms with van der Waals surface area (Å²) >= 11 is 0. The van der Waals surface area contributed by atoms with Gasteiger partial charge >= 0.3 is 0 Å². The maximum atomic E-state index is 11.0. The lowest BCUT2D eigenvalue weighted by molar-refractivity contribution is -0.115. The van der Waals surface area contributed by atoms with Gasteiger partial charge in [-0.25, -0.2) is 8.42 Å². The van der Waals surface area contributed by atoms with Crippen LogP contribution < -0.4 is 4.72 Å². The van der Waals surface area contributed by atoms with Crippen molar-refractivity contribution < 1.29 is 13.2 Å². The number of carbonyl (C=O) groups excluding carboxylic acids is 1. The van der Waals surface area contributed by atoms with E-state index in [-0.39, 0.29) is 0 Å². The van der Waals surface area contributed by atoms with Crippen LogP contribution in [0.25, 0.3) is 0 Å². The highest BCUT2D eigenvalue weighted by molar-refractivity contribution is 8.06. The zero-order valence-electron chi connectivity index (χ0n) is 7.30. The summed E-state index contributed by atoms with van der Waals surface area (Å²) in [5.41, 5.74) is 0.952. The Morgan fingerprint density at radius 2 is 1.86 bits per heavy atom. The Morgan fingerprint density at radius 1 is 1.21 bits per heavy atom. The zero-order valence-corrected chi connectivity index (χ0v) is 8.12. The molecule has 0 saturated carbocycles. The van der Waals surface area contributed by atoms with Crippen LogP contribution in [0.1, 0.15) is 5.56 Å². The Bertz CT molecular complexity index is 452. The number of nitrogens with one attached hydrogen (secondary N) is 1. The van der Waals surface area contributed by atoms with Crippen LogP contribution in [-0.2, 0) is 21.2 Å². The van der Waals surface area contributed by atoms with E-state index in [1.54, 1.807) is 0 Å². The minimum Gasteiger partial charge on any atom is -0.278 e. The number of carbonyl (C=O) groups is 1. The summed E-state index contributed by atoms with van der Waals surface area (Å²) in [6.07, 6.45) is 0.429. The van der Waals surface area contributed by atoms with E-state index >= 15 is 0 Å². The molecular weight excluding hydrogens is 202 g/mol. The topological polar surface area (TPSA) is 63.2 Å².